The summed E-state index contributed by atoms with van der Waals surface area (Å²) < 4.78 is 0. The van der Waals surface area contributed by atoms with Gasteiger partial charge in [0.2, 0.25) is 5.91 Å². The quantitative estimate of drug-likeness (QED) is 0.825. The van der Waals surface area contributed by atoms with Gasteiger partial charge >= 0.3 is 5.97 Å². The third kappa shape index (κ3) is 4.98. The number of carbonyl (C=O) groups excluding carboxylic acids is 1. The molecule has 0 bridgehead atoms. The lowest BCUT2D eigenvalue weighted by Gasteiger charge is -2.42. The summed E-state index contributed by atoms with van der Waals surface area (Å²) in [5, 5.41) is 9.03. The van der Waals surface area contributed by atoms with E-state index in [1.165, 1.54) is 18.4 Å². The minimum atomic E-state index is -0.875. The van der Waals surface area contributed by atoms with Crippen LogP contribution < -0.4 is 0 Å². The molecule has 1 N–H and O–H groups in total. The highest BCUT2D eigenvalue weighted by atomic mass is 16.4. The summed E-state index contributed by atoms with van der Waals surface area (Å²) in [7, 11) is 0. The van der Waals surface area contributed by atoms with Crippen molar-refractivity contribution in [3.8, 4) is 0 Å². The molecule has 1 atom stereocenters. The molecule has 0 unspecified atom stereocenters. The van der Waals surface area contributed by atoms with Crippen LogP contribution in [0.2, 0.25) is 0 Å². The van der Waals surface area contributed by atoms with E-state index in [9.17, 15) is 9.59 Å². The van der Waals surface area contributed by atoms with Crippen molar-refractivity contribution >= 4 is 11.9 Å². The molecule has 158 valence electrons. The molecule has 1 aromatic rings. The van der Waals surface area contributed by atoms with Crippen LogP contribution in [0.1, 0.15) is 54.4 Å². The Balaban J connectivity index is 1.25. The average Bonchev–Trinajstić information content (AvgIpc) is 3.29. The van der Waals surface area contributed by atoms with E-state index in [4.69, 9.17) is 5.11 Å². The monoisotopic (exact) mass is 399 g/mol. The minimum absolute atomic E-state index is 0.202. The van der Waals surface area contributed by atoms with E-state index in [1.54, 1.807) is 12.1 Å². The highest BCUT2D eigenvalue weighted by Crippen LogP contribution is 2.26. The van der Waals surface area contributed by atoms with Gasteiger partial charge in [-0.15, -0.1) is 0 Å². The maximum absolute atomic E-state index is 12.8. The molecule has 3 aliphatic heterocycles. The zero-order valence-electron chi connectivity index (χ0n) is 17.3. The zero-order chi connectivity index (χ0) is 20.2. The van der Waals surface area contributed by atoms with E-state index in [2.05, 4.69) is 14.7 Å². The van der Waals surface area contributed by atoms with Crippen LogP contribution in [0, 0.1) is 5.92 Å². The number of carboxylic acid groups (broad SMARTS) is 1. The lowest BCUT2D eigenvalue weighted by molar-refractivity contribution is -0.136. The molecule has 0 radical (unpaired) electrons. The summed E-state index contributed by atoms with van der Waals surface area (Å²) in [6.45, 7) is 6.99. The fourth-order valence-electron chi connectivity index (χ4n) is 5.19. The Morgan fingerprint density at radius 2 is 1.59 bits per heavy atom. The van der Waals surface area contributed by atoms with Gasteiger partial charge in [-0.05, 0) is 75.9 Å². The predicted octanol–water partition coefficient (Wildman–Crippen LogP) is 2.68. The van der Waals surface area contributed by atoms with Gasteiger partial charge in [-0.1, -0.05) is 12.1 Å². The van der Waals surface area contributed by atoms with Crippen LogP contribution >= 0.6 is 0 Å². The van der Waals surface area contributed by atoms with E-state index >= 15 is 0 Å². The van der Waals surface area contributed by atoms with E-state index < -0.39 is 5.97 Å². The molecule has 3 saturated heterocycles. The van der Waals surface area contributed by atoms with Crippen molar-refractivity contribution in [2.24, 2.45) is 5.92 Å². The number of nitrogens with zero attached hydrogens (tertiary/aromatic N) is 3. The Kier molecular flexibility index (Phi) is 6.50. The molecule has 0 saturated carbocycles. The third-order valence-corrected chi connectivity index (χ3v) is 6.90. The summed E-state index contributed by atoms with van der Waals surface area (Å²) in [6, 6.07) is 7.82. The normalized spacial score (nSPS) is 24.7. The van der Waals surface area contributed by atoms with E-state index in [1.807, 2.05) is 12.1 Å². The topological polar surface area (TPSA) is 64.1 Å². The van der Waals surface area contributed by atoms with Gasteiger partial charge in [0, 0.05) is 32.2 Å². The van der Waals surface area contributed by atoms with Crippen molar-refractivity contribution in [2.75, 3.05) is 39.3 Å². The van der Waals surface area contributed by atoms with Crippen LogP contribution in [0.4, 0.5) is 0 Å². The molecule has 0 aliphatic carbocycles. The second kappa shape index (κ2) is 9.26. The second-order valence-corrected chi connectivity index (χ2v) is 8.88. The molecule has 6 nitrogen and oxygen atoms in total. The highest BCUT2D eigenvalue weighted by Gasteiger charge is 2.34. The molecule has 0 spiro atoms. The summed E-state index contributed by atoms with van der Waals surface area (Å²) in [5.41, 5.74) is 1.51. The number of amides is 1. The fourth-order valence-corrected chi connectivity index (χ4v) is 5.19. The summed E-state index contributed by atoms with van der Waals surface area (Å²) in [5.74, 6) is -0.275. The number of hydrogen-bond acceptors (Lipinski definition) is 4. The van der Waals surface area contributed by atoms with Crippen molar-refractivity contribution in [3.63, 3.8) is 0 Å². The van der Waals surface area contributed by atoms with E-state index in [0.29, 0.717) is 17.5 Å². The Morgan fingerprint density at radius 1 is 0.897 bits per heavy atom. The lowest BCUT2D eigenvalue weighted by atomic mass is 9.93. The average molecular weight is 400 g/mol. The molecule has 3 heterocycles. The first-order valence-electron chi connectivity index (χ1n) is 11.2. The molecule has 29 heavy (non-hydrogen) atoms. The first-order chi connectivity index (χ1) is 14.1. The van der Waals surface area contributed by atoms with Crippen LogP contribution in [0.3, 0.4) is 0 Å². The number of piperidine rings is 2. The number of carboxylic acids is 1. The zero-order valence-corrected chi connectivity index (χ0v) is 17.3. The maximum atomic E-state index is 12.8. The van der Waals surface area contributed by atoms with Crippen molar-refractivity contribution in [2.45, 2.75) is 51.1 Å². The van der Waals surface area contributed by atoms with E-state index in [0.717, 1.165) is 71.5 Å². The summed E-state index contributed by atoms with van der Waals surface area (Å²) >= 11 is 0. The van der Waals surface area contributed by atoms with Crippen LogP contribution in [0.25, 0.3) is 0 Å². The van der Waals surface area contributed by atoms with Gasteiger partial charge in [0.1, 0.15) is 0 Å². The number of carbonyl (C=O) groups is 2. The number of hydrogen-bond donors (Lipinski definition) is 1. The fraction of sp³-hybridized carbons (Fsp3) is 0.652. The van der Waals surface area contributed by atoms with Gasteiger partial charge < -0.3 is 10.0 Å². The minimum Gasteiger partial charge on any atom is -0.478 e. The molecule has 0 aromatic heterocycles. The number of likely N-dealkylation sites (tertiary alicyclic amines) is 3. The first-order valence-corrected chi connectivity index (χ1v) is 11.2. The molecule has 1 amide bonds. The van der Waals surface area contributed by atoms with Gasteiger partial charge in [-0.2, -0.15) is 0 Å². The van der Waals surface area contributed by atoms with Gasteiger partial charge in [-0.25, -0.2) is 4.79 Å². The lowest BCUT2D eigenvalue weighted by Crippen LogP contribution is -2.51. The molecular weight excluding hydrogens is 366 g/mol. The summed E-state index contributed by atoms with van der Waals surface area (Å²) in [4.78, 5) is 30.9. The Morgan fingerprint density at radius 3 is 2.24 bits per heavy atom. The maximum Gasteiger partial charge on any atom is 0.335 e. The third-order valence-electron chi connectivity index (χ3n) is 6.90. The van der Waals surface area contributed by atoms with Gasteiger partial charge in [-0.3, -0.25) is 14.6 Å². The van der Waals surface area contributed by atoms with Crippen molar-refractivity contribution in [1.82, 2.24) is 14.7 Å². The summed E-state index contributed by atoms with van der Waals surface area (Å²) in [6.07, 6.45) is 6.83. The van der Waals surface area contributed by atoms with Crippen LogP contribution in [0.15, 0.2) is 24.3 Å². The van der Waals surface area contributed by atoms with Gasteiger partial charge in [0.25, 0.3) is 0 Å². The van der Waals surface area contributed by atoms with Crippen molar-refractivity contribution in [3.05, 3.63) is 35.4 Å². The Labute approximate surface area is 173 Å². The number of rotatable bonds is 5. The highest BCUT2D eigenvalue weighted by molar-refractivity contribution is 5.87. The predicted molar refractivity (Wildman–Crippen MR) is 112 cm³/mol. The largest absolute Gasteiger partial charge is 0.478 e. The smallest absolute Gasteiger partial charge is 0.335 e. The second-order valence-electron chi connectivity index (χ2n) is 8.88. The molecular formula is C23H33N3O3. The SMILES string of the molecule is O=C(O)c1ccc(CN2CCC(N3CCC[C@@H](C(=O)N4CCCC4)C3)CC2)cc1. The number of benzene rings is 1. The molecule has 1 aromatic carbocycles. The molecule has 4 rings (SSSR count). The molecule has 6 heteroatoms. The molecule has 3 fully saturated rings. The van der Waals surface area contributed by atoms with Gasteiger partial charge in [0.05, 0.1) is 11.5 Å². The standard InChI is InChI=1S/C23H33N3O3/c27-22(25-11-1-2-12-25)20-4-3-13-26(17-20)21-9-14-24(15-10-21)16-18-5-7-19(8-6-18)23(28)29/h5-8,20-21H,1-4,9-17H2,(H,28,29)/t20-/m1/s1. The van der Waals surface area contributed by atoms with Crippen molar-refractivity contribution in [1.29, 1.82) is 0 Å². The van der Waals surface area contributed by atoms with Crippen molar-refractivity contribution < 1.29 is 14.7 Å². The van der Waals surface area contributed by atoms with Crippen LogP contribution in [-0.2, 0) is 11.3 Å². The molecule has 3 aliphatic rings. The van der Waals surface area contributed by atoms with Crippen LogP contribution in [0.5, 0.6) is 0 Å². The first kappa shape index (κ1) is 20.4. The Bertz CT molecular complexity index is 707. The van der Waals surface area contributed by atoms with Gasteiger partial charge in [0.15, 0.2) is 0 Å². The van der Waals surface area contributed by atoms with Crippen LogP contribution in [-0.4, -0.2) is 77.0 Å². The van der Waals surface area contributed by atoms with E-state index in [-0.39, 0.29) is 5.92 Å². The Hall–Kier alpha value is -1.92. The number of aromatic carboxylic acids is 1.